The van der Waals surface area contributed by atoms with Crippen molar-refractivity contribution in [3.05, 3.63) is 94.1 Å². The Kier molecular flexibility index (Phi) is 7.00. The third-order valence-electron chi connectivity index (χ3n) is 5.37. The van der Waals surface area contributed by atoms with E-state index in [0.717, 1.165) is 23.3 Å². The Morgan fingerprint density at radius 3 is 2.56 bits per heavy atom. The monoisotopic (exact) mass is 487 g/mol. The van der Waals surface area contributed by atoms with Gasteiger partial charge in [-0.3, -0.25) is 4.79 Å². The predicted molar refractivity (Wildman–Crippen MR) is 126 cm³/mol. The van der Waals surface area contributed by atoms with Crippen LogP contribution in [0.3, 0.4) is 0 Å². The van der Waals surface area contributed by atoms with E-state index < -0.39 is 17.6 Å². The van der Waals surface area contributed by atoms with E-state index in [0.29, 0.717) is 39.2 Å². The molecule has 1 aromatic heterocycles. The van der Waals surface area contributed by atoms with E-state index in [1.54, 1.807) is 43.5 Å². The summed E-state index contributed by atoms with van der Waals surface area (Å²) in [6.45, 7) is 0.776. The fraction of sp³-hybridized carbons (Fsp3) is 0.192. The number of thiophene rings is 1. The van der Waals surface area contributed by atoms with Gasteiger partial charge >= 0.3 is 6.18 Å². The summed E-state index contributed by atoms with van der Waals surface area (Å²) in [7, 11) is 1.55. The molecule has 0 saturated carbocycles. The summed E-state index contributed by atoms with van der Waals surface area (Å²) in [5.74, 6) is -0.679. The molecule has 3 aromatic carbocycles. The minimum absolute atomic E-state index is 0.0521. The highest BCUT2D eigenvalue weighted by Gasteiger charge is 2.30. The van der Waals surface area contributed by atoms with Gasteiger partial charge in [0.2, 0.25) is 0 Å². The fourth-order valence-electron chi connectivity index (χ4n) is 3.72. The van der Waals surface area contributed by atoms with Gasteiger partial charge in [0.05, 0.1) is 12.2 Å². The third-order valence-corrected chi connectivity index (χ3v) is 6.58. The summed E-state index contributed by atoms with van der Waals surface area (Å²) in [4.78, 5) is 12.8. The summed E-state index contributed by atoms with van der Waals surface area (Å²) in [6.07, 6.45) is -4.40. The molecule has 176 valence electrons. The van der Waals surface area contributed by atoms with E-state index >= 15 is 4.39 Å². The van der Waals surface area contributed by atoms with E-state index in [4.69, 9.17) is 4.74 Å². The van der Waals surface area contributed by atoms with E-state index in [2.05, 4.69) is 5.32 Å². The lowest BCUT2D eigenvalue weighted by Gasteiger charge is -2.08. The van der Waals surface area contributed by atoms with Crippen LogP contribution in [0, 0.1) is 5.82 Å². The molecule has 1 N–H and O–H groups in total. The standard InChI is InChI=1S/C26H21F4NO2S/c1-33-12-11-31-25(32)18-7-3-6-17(15-18)20-9-4-10-21-23(27)22(34-24(20)21)14-16-5-2-8-19(13-16)26(28,29)30/h2-10,13,15H,11-12,14H2,1H3,(H,31,32). The molecule has 0 bridgehead atoms. The van der Waals surface area contributed by atoms with Crippen molar-refractivity contribution in [2.24, 2.45) is 0 Å². The third kappa shape index (κ3) is 5.13. The summed E-state index contributed by atoms with van der Waals surface area (Å²) < 4.78 is 60.1. The first-order valence-electron chi connectivity index (χ1n) is 10.5. The topological polar surface area (TPSA) is 38.3 Å². The molecule has 8 heteroatoms. The van der Waals surface area contributed by atoms with Crippen molar-refractivity contribution in [1.29, 1.82) is 0 Å². The van der Waals surface area contributed by atoms with Gasteiger partial charge in [-0.15, -0.1) is 11.3 Å². The van der Waals surface area contributed by atoms with Crippen LogP contribution in [0.1, 0.15) is 26.4 Å². The molecule has 0 saturated heterocycles. The van der Waals surface area contributed by atoms with Crippen molar-refractivity contribution in [3.8, 4) is 11.1 Å². The lowest BCUT2D eigenvalue weighted by molar-refractivity contribution is -0.137. The molecule has 4 aromatic rings. The van der Waals surface area contributed by atoms with Gasteiger partial charge in [0.25, 0.3) is 5.91 Å². The second kappa shape index (κ2) is 9.95. The van der Waals surface area contributed by atoms with Gasteiger partial charge in [0.15, 0.2) is 0 Å². The number of carbonyl (C=O) groups excluding carboxylic acids is 1. The van der Waals surface area contributed by atoms with Crippen molar-refractivity contribution in [3.63, 3.8) is 0 Å². The van der Waals surface area contributed by atoms with Gasteiger partial charge in [-0.1, -0.05) is 48.5 Å². The Bertz CT molecular complexity index is 1330. The zero-order chi connectivity index (χ0) is 24.3. The van der Waals surface area contributed by atoms with Crippen LogP contribution in [0.4, 0.5) is 17.6 Å². The molecule has 1 heterocycles. The van der Waals surface area contributed by atoms with Crippen molar-refractivity contribution >= 4 is 27.3 Å². The number of nitrogens with one attached hydrogen (secondary N) is 1. The highest BCUT2D eigenvalue weighted by Crippen LogP contribution is 2.39. The van der Waals surface area contributed by atoms with Crippen molar-refractivity contribution < 1.29 is 27.1 Å². The zero-order valence-corrected chi connectivity index (χ0v) is 19.0. The van der Waals surface area contributed by atoms with Crippen LogP contribution in [0.25, 0.3) is 21.2 Å². The number of alkyl halides is 3. The number of halogens is 4. The molecular weight excluding hydrogens is 466 g/mol. The number of hydrogen-bond acceptors (Lipinski definition) is 3. The summed E-state index contributed by atoms with van der Waals surface area (Å²) in [5, 5.41) is 3.17. The van der Waals surface area contributed by atoms with Crippen LogP contribution < -0.4 is 5.32 Å². The number of fused-ring (bicyclic) bond motifs is 1. The van der Waals surface area contributed by atoms with Crippen LogP contribution in [-0.4, -0.2) is 26.2 Å². The minimum Gasteiger partial charge on any atom is -0.383 e. The maximum Gasteiger partial charge on any atom is 0.416 e. The van der Waals surface area contributed by atoms with Gasteiger partial charge in [-0.25, -0.2) is 4.39 Å². The number of rotatable bonds is 7. The average molecular weight is 488 g/mol. The molecule has 34 heavy (non-hydrogen) atoms. The molecule has 0 aliphatic rings. The molecule has 0 fully saturated rings. The smallest absolute Gasteiger partial charge is 0.383 e. The molecule has 0 radical (unpaired) electrons. The molecule has 0 aliphatic heterocycles. The fourth-order valence-corrected chi connectivity index (χ4v) is 4.97. The second-order valence-corrected chi connectivity index (χ2v) is 8.83. The van der Waals surface area contributed by atoms with Crippen molar-refractivity contribution in [2.75, 3.05) is 20.3 Å². The molecule has 4 rings (SSSR count). The lowest BCUT2D eigenvalue weighted by Crippen LogP contribution is -2.26. The van der Waals surface area contributed by atoms with Crippen molar-refractivity contribution in [1.82, 2.24) is 5.32 Å². The normalized spacial score (nSPS) is 11.7. The summed E-state index contributed by atoms with van der Waals surface area (Å²) >= 11 is 1.21. The van der Waals surface area contributed by atoms with Crippen molar-refractivity contribution in [2.45, 2.75) is 12.6 Å². The Hall–Kier alpha value is -3.23. The first kappa shape index (κ1) is 23.9. The maximum atomic E-state index is 15.2. The molecule has 0 spiro atoms. The number of amides is 1. The van der Waals surface area contributed by atoms with Gasteiger partial charge in [-0.05, 0) is 34.9 Å². The highest BCUT2D eigenvalue weighted by molar-refractivity contribution is 7.19. The molecule has 0 aliphatic carbocycles. The zero-order valence-electron chi connectivity index (χ0n) is 18.2. The van der Waals surface area contributed by atoms with E-state index in [1.165, 1.54) is 17.4 Å². The lowest BCUT2D eigenvalue weighted by atomic mass is 10.0. The number of methoxy groups -OCH3 is 1. The Morgan fingerprint density at radius 1 is 1.03 bits per heavy atom. The number of ether oxygens (including phenoxy) is 1. The Balaban J connectivity index is 1.68. The number of carbonyl (C=O) groups is 1. The van der Waals surface area contributed by atoms with Crippen LogP contribution in [0.5, 0.6) is 0 Å². The quantitative estimate of drug-likeness (QED) is 0.233. The first-order chi connectivity index (χ1) is 16.3. The van der Waals surface area contributed by atoms with Crippen LogP contribution in [0.15, 0.2) is 66.7 Å². The SMILES string of the molecule is COCCNC(=O)c1cccc(-c2cccc3c(F)c(Cc4cccc(C(F)(F)F)c4)sc23)c1. The summed E-state index contributed by atoms with van der Waals surface area (Å²) in [6, 6.07) is 17.2. The number of hydrogen-bond donors (Lipinski definition) is 1. The largest absolute Gasteiger partial charge is 0.416 e. The van der Waals surface area contributed by atoms with Gasteiger partial charge in [0.1, 0.15) is 5.82 Å². The van der Waals surface area contributed by atoms with Gasteiger partial charge in [-0.2, -0.15) is 13.2 Å². The van der Waals surface area contributed by atoms with Gasteiger partial charge in [0, 0.05) is 40.6 Å². The van der Waals surface area contributed by atoms with Gasteiger partial charge < -0.3 is 10.1 Å². The second-order valence-electron chi connectivity index (χ2n) is 7.73. The number of benzene rings is 3. The van der Waals surface area contributed by atoms with E-state index in [1.807, 2.05) is 12.1 Å². The van der Waals surface area contributed by atoms with Crippen LogP contribution in [-0.2, 0) is 17.3 Å². The molecule has 1 amide bonds. The van der Waals surface area contributed by atoms with Crippen LogP contribution >= 0.6 is 11.3 Å². The molecule has 0 atom stereocenters. The minimum atomic E-state index is -4.46. The first-order valence-corrected chi connectivity index (χ1v) is 11.3. The molecule has 3 nitrogen and oxygen atoms in total. The molecular formula is C26H21F4NO2S. The van der Waals surface area contributed by atoms with E-state index in [-0.39, 0.29) is 12.3 Å². The Morgan fingerprint density at radius 2 is 1.79 bits per heavy atom. The highest BCUT2D eigenvalue weighted by atomic mass is 32.1. The molecule has 0 unspecified atom stereocenters. The Labute approximate surface area is 198 Å². The average Bonchev–Trinajstić information content (AvgIpc) is 3.14. The van der Waals surface area contributed by atoms with E-state index in [9.17, 15) is 18.0 Å². The maximum absolute atomic E-state index is 15.2. The predicted octanol–water partition coefficient (Wildman–Crippen LogP) is 6.69. The van der Waals surface area contributed by atoms with Crippen LogP contribution in [0.2, 0.25) is 0 Å². The summed E-state index contributed by atoms with van der Waals surface area (Å²) in [5.41, 5.74) is 1.59.